The average Bonchev–Trinajstić information content (AvgIpc) is 3.57. The largest absolute Gasteiger partial charge is 0.481 e. The van der Waals surface area contributed by atoms with E-state index in [2.05, 4.69) is 15.5 Å². The lowest BCUT2D eigenvalue weighted by atomic mass is 9.77. The number of likely N-dealkylation sites (tertiary alicyclic amines) is 1. The maximum absolute atomic E-state index is 13.8. The Morgan fingerprint density at radius 1 is 1.15 bits per heavy atom. The molecule has 0 unspecified atom stereocenters. The van der Waals surface area contributed by atoms with Crippen LogP contribution in [0, 0.1) is 25.7 Å². The number of fused-ring (bicyclic) bond motifs is 1. The number of benzene rings is 2. The van der Waals surface area contributed by atoms with Crippen LogP contribution in [0.15, 0.2) is 60.7 Å². The highest BCUT2D eigenvalue weighted by Crippen LogP contribution is 2.53. The highest BCUT2D eigenvalue weighted by atomic mass is 16.5. The molecule has 5 atom stereocenters. The Kier molecular flexibility index (Phi) is 4.47. The summed E-state index contributed by atoms with van der Waals surface area (Å²) in [6, 6.07) is 14.9. The van der Waals surface area contributed by atoms with Gasteiger partial charge in [-0.3, -0.25) is 9.59 Å². The fourth-order valence-electron chi connectivity index (χ4n) is 5.80. The van der Waals surface area contributed by atoms with Gasteiger partial charge in [0, 0.05) is 0 Å². The van der Waals surface area contributed by atoms with Crippen LogP contribution in [0.3, 0.4) is 0 Å². The third-order valence-electron chi connectivity index (χ3n) is 7.23. The second-order valence-electron chi connectivity index (χ2n) is 9.21. The van der Waals surface area contributed by atoms with E-state index in [9.17, 15) is 14.7 Å². The van der Waals surface area contributed by atoms with Gasteiger partial charge in [0.05, 0.1) is 24.3 Å². The van der Waals surface area contributed by atoms with Crippen LogP contribution in [0.25, 0.3) is 5.69 Å². The molecule has 2 fully saturated rings. The maximum Gasteiger partial charge on any atom is 0.310 e. The highest BCUT2D eigenvalue weighted by Gasteiger charge is 2.68. The molecule has 0 radical (unpaired) electrons. The van der Waals surface area contributed by atoms with Gasteiger partial charge in [-0.15, -0.1) is 5.10 Å². The molecule has 9 heteroatoms. The van der Waals surface area contributed by atoms with Gasteiger partial charge in [0.2, 0.25) is 5.91 Å². The van der Waals surface area contributed by atoms with E-state index in [1.165, 1.54) is 0 Å². The Morgan fingerprint density at radius 3 is 2.59 bits per heavy atom. The number of carboxylic acid groups (broad SMARTS) is 1. The van der Waals surface area contributed by atoms with Gasteiger partial charge < -0.3 is 14.7 Å². The minimum Gasteiger partial charge on any atom is -0.481 e. The van der Waals surface area contributed by atoms with E-state index in [0.717, 1.165) is 22.4 Å². The van der Waals surface area contributed by atoms with Crippen LogP contribution >= 0.6 is 0 Å². The molecule has 172 valence electrons. The van der Waals surface area contributed by atoms with Crippen LogP contribution < -0.4 is 0 Å². The summed E-state index contributed by atoms with van der Waals surface area (Å²) in [4.78, 5) is 27.6. The molecule has 0 saturated carbocycles. The summed E-state index contributed by atoms with van der Waals surface area (Å²) in [6.07, 6.45) is 3.05. The number of amides is 1. The first-order valence-electron chi connectivity index (χ1n) is 11.2. The summed E-state index contributed by atoms with van der Waals surface area (Å²) < 4.78 is 7.79. The number of carbonyl (C=O) groups excluding carboxylic acids is 1. The number of hydrogen-bond donors (Lipinski definition) is 1. The lowest BCUT2D eigenvalue weighted by molar-refractivity contribution is -0.148. The number of aromatic nitrogens is 4. The van der Waals surface area contributed by atoms with Crippen LogP contribution in [0.1, 0.15) is 28.6 Å². The van der Waals surface area contributed by atoms with Gasteiger partial charge in [0.1, 0.15) is 17.6 Å². The van der Waals surface area contributed by atoms with Crippen molar-refractivity contribution < 1.29 is 19.4 Å². The van der Waals surface area contributed by atoms with Crippen LogP contribution in [0.5, 0.6) is 0 Å². The normalized spacial score (nSPS) is 27.9. The molecule has 3 aromatic rings. The maximum atomic E-state index is 13.8. The first kappa shape index (κ1) is 20.7. The standard InChI is InChI=1S/C25H23N5O4/c1-14-7-6-8-15(2)20(14)30-22(26-27-28-30)21(16-9-4-3-5-10-16)29-13-25-12-11-17(34-25)18(24(32)33)19(25)23(29)31/h3-12,17-19,21H,13H2,1-2H3,(H,32,33)/t17-,18-,19-,21+,25-/m1/s1. The lowest BCUT2D eigenvalue weighted by Gasteiger charge is -2.29. The number of para-hydroxylation sites is 1. The molecule has 34 heavy (non-hydrogen) atoms. The van der Waals surface area contributed by atoms with Crippen LogP contribution in [-0.2, 0) is 14.3 Å². The lowest BCUT2D eigenvalue weighted by Crippen LogP contribution is -2.39. The van der Waals surface area contributed by atoms with E-state index in [4.69, 9.17) is 4.74 Å². The van der Waals surface area contributed by atoms with Crippen molar-refractivity contribution >= 4 is 11.9 Å². The Morgan fingerprint density at radius 2 is 1.88 bits per heavy atom. The van der Waals surface area contributed by atoms with Gasteiger partial charge in [-0.2, -0.15) is 4.68 Å². The molecule has 4 heterocycles. The van der Waals surface area contributed by atoms with Crippen molar-refractivity contribution in [3.63, 3.8) is 0 Å². The number of carboxylic acids is 1. The molecule has 1 N–H and O–H groups in total. The number of aliphatic carboxylic acids is 1. The van der Waals surface area contributed by atoms with E-state index >= 15 is 0 Å². The minimum atomic E-state index is -1.02. The van der Waals surface area contributed by atoms with Crippen LogP contribution in [-0.4, -0.2) is 60.3 Å². The van der Waals surface area contributed by atoms with Crippen molar-refractivity contribution in [1.29, 1.82) is 0 Å². The number of ether oxygens (including phenoxy) is 1. The smallest absolute Gasteiger partial charge is 0.310 e. The number of tetrazole rings is 1. The Balaban J connectivity index is 1.50. The van der Waals surface area contributed by atoms with Gasteiger partial charge in [0.25, 0.3) is 0 Å². The zero-order valence-electron chi connectivity index (χ0n) is 18.7. The Hall–Kier alpha value is -3.85. The summed E-state index contributed by atoms with van der Waals surface area (Å²) in [5, 5.41) is 22.5. The topological polar surface area (TPSA) is 110 Å². The summed E-state index contributed by atoms with van der Waals surface area (Å²) >= 11 is 0. The summed E-state index contributed by atoms with van der Waals surface area (Å²) in [5.74, 6) is -2.49. The van der Waals surface area contributed by atoms with Crippen molar-refractivity contribution in [2.24, 2.45) is 11.8 Å². The number of aryl methyl sites for hydroxylation is 2. The van der Waals surface area contributed by atoms with Crippen molar-refractivity contribution in [3.05, 3.63) is 83.2 Å². The van der Waals surface area contributed by atoms with Gasteiger partial charge >= 0.3 is 5.97 Å². The van der Waals surface area contributed by atoms with E-state index in [0.29, 0.717) is 5.82 Å². The molecule has 1 spiro atoms. The first-order chi connectivity index (χ1) is 16.4. The molecule has 3 aliphatic heterocycles. The van der Waals surface area contributed by atoms with Gasteiger partial charge in [0.15, 0.2) is 5.82 Å². The molecule has 2 bridgehead atoms. The zero-order chi connectivity index (χ0) is 23.6. The molecule has 0 aliphatic carbocycles. The third kappa shape index (κ3) is 2.80. The molecule has 2 aromatic carbocycles. The second-order valence-corrected chi connectivity index (χ2v) is 9.21. The van der Waals surface area contributed by atoms with Gasteiger partial charge in [-0.05, 0) is 41.0 Å². The van der Waals surface area contributed by atoms with Gasteiger partial charge in [-0.25, -0.2) is 0 Å². The van der Waals surface area contributed by atoms with E-state index in [1.54, 1.807) is 15.7 Å². The van der Waals surface area contributed by atoms with E-state index in [1.807, 2.05) is 68.5 Å². The molecule has 1 amide bonds. The SMILES string of the molecule is Cc1cccc(C)c1-n1nnnc1[C@H](c1ccccc1)N1C[C@@]23C=C[C@@H](O2)[C@@H](C(=O)O)[C@@H]3C1=O. The zero-order valence-corrected chi connectivity index (χ0v) is 18.7. The van der Waals surface area contributed by atoms with Crippen molar-refractivity contribution in [2.75, 3.05) is 6.54 Å². The minimum absolute atomic E-state index is 0.229. The second kappa shape index (κ2) is 7.33. The quantitative estimate of drug-likeness (QED) is 0.585. The fourth-order valence-corrected chi connectivity index (χ4v) is 5.80. The third-order valence-corrected chi connectivity index (χ3v) is 7.23. The number of rotatable bonds is 5. The predicted octanol–water partition coefficient (Wildman–Crippen LogP) is 2.24. The van der Waals surface area contributed by atoms with Crippen LogP contribution in [0.4, 0.5) is 0 Å². The molecule has 9 nitrogen and oxygen atoms in total. The number of carbonyl (C=O) groups is 2. The first-order valence-corrected chi connectivity index (χ1v) is 11.2. The van der Waals surface area contributed by atoms with Crippen LogP contribution in [0.2, 0.25) is 0 Å². The Labute approximate surface area is 195 Å². The predicted molar refractivity (Wildman–Crippen MR) is 120 cm³/mol. The summed E-state index contributed by atoms with van der Waals surface area (Å²) in [5.41, 5.74) is 2.74. The number of nitrogens with zero attached hydrogens (tertiary/aromatic N) is 5. The van der Waals surface area contributed by atoms with Crippen molar-refractivity contribution in [2.45, 2.75) is 31.6 Å². The molecule has 1 aromatic heterocycles. The Bertz CT molecular complexity index is 1320. The van der Waals surface area contributed by atoms with E-state index < -0.39 is 35.6 Å². The van der Waals surface area contributed by atoms with Gasteiger partial charge in [-0.1, -0.05) is 60.7 Å². The molecule has 2 saturated heterocycles. The number of hydrogen-bond acceptors (Lipinski definition) is 6. The molecular formula is C25H23N5O4. The monoisotopic (exact) mass is 457 g/mol. The summed E-state index contributed by atoms with van der Waals surface area (Å²) in [7, 11) is 0. The van der Waals surface area contributed by atoms with Crippen molar-refractivity contribution in [3.8, 4) is 5.69 Å². The van der Waals surface area contributed by atoms with E-state index in [-0.39, 0.29) is 12.5 Å². The summed E-state index contributed by atoms with van der Waals surface area (Å²) in [6.45, 7) is 4.21. The fraction of sp³-hybridized carbons (Fsp3) is 0.320. The molecular weight excluding hydrogens is 434 g/mol. The highest BCUT2D eigenvalue weighted by molar-refractivity contribution is 5.91. The van der Waals surface area contributed by atoms with Crippen molar-refractivity contribution in [1.82, 2.24) is 25.1 Å². The molecule has 3 aliphatic rings. The molecule has 6 rings (SSSR count). The average molecular weight is 457 g/mol.